The summed E-state index contributed by atoms with van der Waals surface area (Å²) in [6.07, 6.45) is -3.50. The van der Waals surface area contributed by atoms with Gasteiger partial charge in [0, 0.05) is 18.6 Å². The van der Waals surface area contributed by atoms with E-state index in [-0.39, 0.29) is 10.9 Å². The number of hydrogen-bond donors (Lipinski definition) is 1. The van der Waals surface area contributed by atoms with Gasteiger partial charge in [0.05, 0.1) is 11.1 Å². The first-order chi connectivity index (χ1) is 8.71. The third-order valence-electron chi connectivity index (χ3n) is 2.75. The highest BCUT2D eigenvalue weighted by Gasteiger charge is 2.31. The van der Waals surface area contributed by atoms with Crippen molar-refractivity contribution in [3.8, 4) is 0 Å². The fourth-order valence-electron chi connectivity index (χ4n) is 1.82. The number of hydrogen-bond acceptors (Lipinski definition) is 2. The summed E-state index contributed by atoms with van der Waals surface area (Å²) < 4.78 is 39.1. The molecule has 1 aromatic carbocycles. The molecule has 7 heteroatoms. The summed E-state index contributed by atoms with van der Waals surface area (Å²) in [6, 6.07) is 2.66. The molecule has 0 spiro atoms. The molecule has 1 N–H and O–H groups in total. The Bertz CT molecular complexity index is 731. The number of carbonyl (C=O) groups is 1. The predicted octanol–water partition coefficient (Wildman–Crippen LogP) is 2.26. The average molecular weight is 271 g/mol. The van der Waals surface area contributed by atoms with E-state index in [1.165, 1.54) is 11.6 Å². The number of pyridine rings is 1. The van der Waals surface area contributed by atoms with Crippen LogP contribution in [0.1, 0.15) is 15.9 Å². The summed E-state index contributed by atoms with van der Waals surface area (Å²) in [5.74, 6) is -1.47. The summed E-state index contributed by atoms with van der Waals surface area (Å²) in [7, 11) is 1.46. The Hall–Kier alpha value is -2.31. The molecule has 1 aromatic heterocycles. The molecular formula is C12H8F3NO3. The molecule has 0 aliphatic heterocycles. The van der Waals surface area contributed by atoms with Crippen molar-refractivity contribution in [1.82, 2.24) is 4.57 Å². The van der Waals surface area contributed by atoms with Crippen molar-refractivity contribution in [2.75, 3.05) is 0 Å². The van der Waals surface area contributed by atoms with E-state index in [0.29, 0.717) is 6.07 Å². The van der Waals surface area contributed by atoms with Gasteiger partial charge in [-0.2, -0.15) is 13.2 Å². The van der Waals surface area contributed by atoms with Gasteiger partial charge in [-0.05, 0) is 18.2 Å². The number of alkyl halides is 3. The molecule has 1 heterocycles. The maximum absolute atomic E-state index is 12.6. The van der Waals surface area contributed by atoms with Crippen LogP contribution in [-0.2, 0) is 13.2 Å². The second-order valence-electron chi connectivity index (χ2n) is 4.02. The maximum atomic E-state index is 12.6. The molecule has 0 unspecified atom stereocenters. The molecular weight excluding hydrogens is 263 g/mol. The van der Waals surface area contributed by atoms with Crippen LogP contribution in [0.3, 0.4) is 0 Å². The Labute approximate surface area is 104 Å². The molecule has 0 aliphatic rings. The van der Waals surface area contributed by atoms with E-state index >= 15 is 0 Å². The standard InChI is InChI=1S/C12H8F3NO3/c1-16-5-8(11(18)19)10(17)7-4-6(12(13,14)15)2-3-9(7)16/h2-5H,1H3,(H,18,19). The van der Waals surface area contributed by atoms with Gasteiger partial charge >= 0.3 is 12.1 Å². The van der Waals surface area contributed by atoms with Crippen LogP contribution in [0, 0.1) is 0 Å². The number of benzene rings is 1. The molecule has 0 radical (unpaired) electrons. The van der Waals surface area contributed by atoms with Crippen LogP contribution in [0.2, 0.25) is 0 Å². The second-order valence-corrected chi connectivity index (χ2v) is 4.02. The number of carboxylic acids is 1. The third kappa shape index (κ3) is 2.18. The number of carboxylic acid groups (broad SMARTS) is 1. The first-order valence-corrected chi connectivity index (χ1v) is 5.15. The lowest BCUT2D eigenvalue weighted by molar-refractivity contribution is -0.137. The van der Waals surface area contributed by atoms with Crippen molar-refractivity contribution in [1.29, 1.82) is 0 Å². The number of aryl methyl sites for hydroxylation is 1. The predicted molar refractivity (Wildman–Crippen MR) is 61.2 cm³/mol. The Balaban J connectivity index is 2.88. The van der Waals surface area contributed by atoms with Crippen LogP contribution in [0.15, 0.2) is 29.2 Å². The van der Waals surface area contributed by atoms with E-state index in [4.69, 9.17) is 5.11 Å². The summed E-state index contributed by atoms with van der Waals surface area (Å²) in [5, 5.41) is 8.58. The van der Waals surface area contributed by atoms with Crippen molar-refractivity contribution in [3.63, 3.8) is 0 Å². The number of fused-ring (bicyclic) bond motifs is 1. The highest BCUT2D eigenvalue weighted by molar-refractivity contribution is 5.92. The molecule has 0 saturated carbocycles. The minimum absolute atomic E-state index is 0.239. The monoisotopic (exact) mass is 271 g/mol. The molecule has 100 valence electrons. The van der Waals surface area contributed by atoms with E-state index in [9.17, 15) is 22.8 Å². The van der Waals surface area contributed by atoms with E-state index in [1.807, 2.05) is 0 Å². The normalized spacial score (nSPS) is 11.8. The number of halogens is 3. The number of aromatic carboxylic acids is 1. The van der Waals surface area contributed by atoms with E-state index in [0.717, 1.165) is 18.3 Å². The lowest BCUT2D eigenvalue weighted by Gasteiger charge is -2.10. The van der Waals surface area contributed by atoms with E-state index in [1.54, 1.807) is 0 Å². The summed E-state index contributed by atoms with van der Waals surface area (Å²) in [6.45, 7) is 0. The molecule has 4 nitrogen and oxygen atoms in total. The molecule has 0 saturated heterocycles. The molecule has 0 bridgehead atoms. The van der Waals surface area contributed by atoms with Crippen molar-refractivity contribution < 1.29 is 23.1 Å². The Kier molecular flexibility index (Phi) is 2.84. The van der Waals surface area contributed by atoms with Gasteiger partial charge in [0.25, 0.3) is 0 Å². The number of nitrogens with zero attached hydrogens (tertiary/aromatic N) is 1. The van der Waals surface area contributed by atoms with E-state index < -0.39 is 28.7 Å². The fraction of sp³-hybridized carbons (Fsp3) is 0.167. The third-order valence-corrected chi connectivity index (χ3v) is 2.75. The van der Waals surface area contributed by atoms with Crippen molar-refractivity contribution in [3.05, 3.63) is 45.7 Å². The lowest BCUT2D eigenvalue weighted by atomic mass is 10.1. The van der Waals surface area contributed by atoms with Gasteiger partial charge in [0.2, 0.25) is 5.43 Å². The molecule has 0 fully saturated rings. The lowest BCUT2D eigenvalue weighted by Crippen LogP contribution is -2.18. The van der Waals surface area contributed by atoms with Crippen LogP contribution in [-0.4, -0.2) is 15.6 Å². The minimum Gasteiger partial charge on any atom is -0.477 e. The van der Waals surface area contributed by atoms with Gasteiger partial charge in [-0.15, -0.1) is 0 Å². The van der Waals surface area contributed by atoms with Crippen LogP contribution < -0.4 is 5.43 Å². The van der Waals surface area contributed by atoms with Crippen LogP contribution >= 0.6 is 0 Å². The molecule has 2 aromatic rings. The molecule has 0 amide bonds. The van der Waals surface area contributed by atoms with E-state index in [2.05, 4.69) is 0 Å². The highest BCUT2D eigenvalue weighted by atomic mass is 19.4. The van der Waals surface area contributed by atoms with Gasteiger partial charge in [-0.1, -0.05) is 0 Å². The number of rotatable bonds is 1. The zero-order chi connectivity index (χ0) is 14.4. The van der Waals surface area contributed by atoms with Gasteiger partial charge in [0.1, 0.15) is 5.56 Å². The first-order valence-electron chi connectivity index (χ1n) is 5.15. The molecule has 19 heavy (non-hydrogen) atoms. The molecule has 0 atom stereocenters. The topological polar surface area (TPSA) is 59.3 Å². The van der Waals surface area contributed by atoms with Crippen LogP contribution in [0.25, 0.3) is 10.9 Å². The molecule has 0 aliphatic carbocycles. The van der Waals surface area contributed by atoms with Crippen LogP contribution in [0.4, 0.5) is 13.2 Å². The Morgan fingerprint density at radius 3 is 2.47 bits per heavy atom. The Morgan fingerprint density at radius 2 is 1.95 bits per heavy atom. The maximum Gasteiger partial charge on any atom is 0.416 e. The van der Waals surface area contributed by atoms with Gasteiger partial charge in [-0.25, -0.2) is 4.79 Å². The SMILES string of the molecule is Cn1cc(C(=O)O)c(=O)c2cc(C(F)(F)F)ccc21. The van der Waals surface area contributed by atoms with Crippen molar-refractivity contribution in [2.24, 2.45) is 7.05 Å². The zero-order valence-corrected chi connectivity index (χ0v) is 9.65. The summed E-state index contributed by atoms with van der Waals surface area (Å²) >= 11 is 0. The molecule has 2 rings (SSSR count). The second kappa shape index (κ2) is 4.11. The quantitative estimate of drug-likeness (QED) is 0.865. The van der Waals surface area contributed by atoms with Gasteiger partial charge in [-0.3, -0.25) is 4.79 Å². The minimum atomic E-state index is -4.58. The smallest absolute Gasteiger partial charge is 0.416 e. The highest BCUT2D eigenvalue weighted by Crippen LogP contribution is 2.30. The van der Waals surface area contributed by atoms with Crippen molar-refractivity contribution >= 4 is 16.9 Å². The van der Waals surface area contributed by atoms with Gasteiger partial charge < -0.3 is 9.67 Å². The van der Waals surface area contributed by atoms with Gasteiger partial charge in [0.15, 0.2) is 0 Å². The summed E-state index contributed by atoms with van der Waals surface area (Å²) in [4.78, 5) is 22.7. The van der Waals surface area contributed by atoms with Crippen LogP contribution in [0.5, 0.6) is 0 Å². The largest absolute Gasteiger partial charge is 0.477 e. The van der Waals surface area contributed by atoms with Crippen molar-refractivity contribution in [2.45, 2.75) is 6.18 Å². The summed E-state index contributed by atoms with van der Waals surface area (Å²) in [5.41, 5.74) is -2.23. The Morgan fingerprint density at radius 1 is 1.32 bits per heavy atom. The average Bonchev–Trinajstić information content (AvgIpc) is 2.31. The first kappa shape index (κ1) is 13.1. The zero-order valence-electron chi connectivity index (χ0n) is 9.65. The fourth-order valence-corrected chi connectivity index (χ4v) is 1.82. The number of aromatic nitrogens is 1.